The van der Waals surface area contributed by atoms with Crippen LogP contribution in [0.25, 0.3) is 0 Å². The average Bonchev–Trinajstić information content (AvgIpc) is 2.49. The molecule has 2 nitrogen and oxygen atoms in total. The van der Waals surface area contributed by atoms with Crippen molar-refractivity contribution in [2.45, 2.75) is 90.9 Å². The van der Waals surface area contributed by atoms with Gasteiger partial charge < -0.3 is 10.1 Å². The Morgan fingerprint density at radius 2 is 1.63 bits per heavy atom. The smallest absolute Gasteiger partial charge is 0.0677 e. The maximum Gasteiger partial charge on any atom is 0.0677 e. The van der Waals surface area contributed by atoms with Crippen LogP contribution in [-0.4, -0.2) is 24.3 Å². The van der Waals surface area contributed by atoms with Crippen LogP contribution in [0.1, 0.15) is 73.6 Å². The van der Waals surface area contributed by atoms with Crippen LogP contribution in [0.4, 0.5) is 0 Å². The minimum absolute atomic E-state index is 0.0170. The molecule has 114 valence electrons. The van der Waals surface area contributed by atoms with E-state index in [1.54, 1.807) is 0 Å². The number of nitrogens with one attached hydrogen (secondary N) is 1. The van der Waals surface area contributed by atoms with Gasteiger partial charge in [0.15, 0.2) is 0 Å². The summed E-state index contributed by atoms with van der Waals surface area (Å²) in [4.78, 5) is 0. The Morgan fingerprint density at radius 1 is 1.11 bits per heavy atom. The summed E-state index contributed by atoms with van der Waals surface area (Å²) in [5.41, 5.74) is 0.00313. The molecule has 0 amide bonds. The van der Waals surface area contributed by atoms with Gasteiger partial charge in [0.1, 0.15) is 0 Å². The predicted molar refractivity (Wildman–Crippen MR) is 83.5 cm³/mol. The van der Waals surface area contributed by atoms with Crippen LogP contribution in [0, 0.1) is 11.8 Å². The van der Waals surface area contributed by atoms with E-state index in [1.165, 1.54) is 25.7 Å². The van der Waals surface area contributed by atoms with Gasteiger partial charge in [-0.05, 0) is 59.9 Å². The van der Waals surface area contributed by atoms with Crippen LogP contribution >= 0.6 is 0 Å². The van der Waals surface area contributed by atoms with Crippen molar-refractivity contribution in [1.29, 1.82) is 0 Å². The SMILES string of the molecule is CCCC(CCC)C(NC)C1CC(C)(C)OC1(C)C. The molecule has 1 N–H and O–H groups in total. The number of rotatable bonds is 7. The van der Waals surface area contributed by atoms with Gasteiger partial charge in [-0.25, -0.2) is 0 Å². The average molecular weight is 269 g/mol. The maximum atomic E-state index is 6.30. The normalized spacial score (nSPS) is 26.8. The Bertz CT molecular complexity index is 266. The van der Waals surface area contributed by atoms with E-state index in [1.807, 2.05) is 0 Å². The zero-order valence-corrected chi connectivity index (χ0v) is 14.2. The van der Waals surface area contributed by atoms with Gasteiger partial charge >= 0.3 is 0 Å². The molecule has 0 aromatic rings. The highest BCUT2D eigenvalue weighted by Gasteiger charge is 2.49. The molecular weight excluding hydrogens is 234 g/mol. The summed E-state index contributed by atoms with van der Waals surface area (Å²) in [7, 11) is 2.13. The molecular formula is C17H35NO. The van der Waals surface area contributed by atoms with Crippen LogP contribution in [0.2, 0.25) is 0 Å². The monoisotopic (exact) mass is 269 g/mol. The lowest BCUT2D eigenvalue weighted by molar-refractivity contribution is -0.0796. The molecule has 0 radical (unpaired) electrons. The zero-order chi connectivity index (χ0) is 14.7. The summed E-state index contributed by atoms with van der Waals surface area (Å²) in [6.07, 6.45) is 6.37. The maximum absolute atomic E-state index is 6.30. The standard InChI is InChI=1S/C17H35NO/c1-8-10-13(11-9-2)15(18-7)14-12-16(3,4)19-17(14,5)6/h13-15,18H,8-12H2,1-7H3. The highest BCUT2D eigenvalue weighted by Crippen LogP contribution is 2.45. The van der Waals surface area contributed by atoms with Crippen molar-refractivity contribution in [3.8, 4) is 0 Å². The molecule has 0 spiro atoms. The van der Waals surface area contributed by atoms with Crippen molar-refractivity contribution in [3.05, 3.63) is 0 Å². The number of hydrogen-bond donors (Lipinski definition) is 1. The van der Waals surface area contributed by atoms with Crippen LogP contribution in [0.5, 0.6) is 0 Å². The van der Waals surface area contributed by atoms with E-state index in [4.69, 9.17) is 4.74 Å². The molecule has 19 heavy (non-hydrogen) atoms. The van der Waals surface area contributed by atoms with E-state index >= 15 is 0 Å². The van der Waals surface area contributed by atoms with E-state index in [9.17, 15) is 0 Å². The molecule has 1 saturated heterocycles. The van der Waals surface area contributed by atoms with Crippen molar-refractivity contribution in [3.63, 3.8) is 0 Å². The Kier molecular flexibility index (Phi) is 5.88. The fraction of sp³-hybridized carbons (Fsp3) is 1.00. The number of ether oxygens (including phenoxy) is 1. The zero-order valence-electron chi connectivity index (χ0n) is 14.2. The summed E-state index contributed by atoms with van der Waals surface area (Å²) in [5, 5.41) is 3.63. The Hall–Kier alpha value is -0.0800. The lowest BCUT2D eigenvalue weighted by Gasteiger charge is -2.37. The van der Waals surface area contributed by atoms with Gasteiger partial charge in [-0.2, -0.15) is 0 Å². The van der Waals surface area contributed by atoms with Gasteiger partial charge in [-0.3, -0.25) is 0 Å². The molecule has 1 aliphatic rings. The van der Waals surface area contributed by atoms with E-state index in [-0.39, 0.29) is 11.2 Å². The fourth-order valence-electron chi connectivity index (χ4n) is 4.17. The minimum atomic E-state index is -0.0170. The Balaban J connectivity index is 2.88. The molecule has 2 heteroatoms. The third kappa shape index (κ3) is 4.19. The molecule has 1 rings (SSSR count). The molecule has 1 heterocycles. The molecule has 0 saturated carbocycles. The van der Waals surface area contributed by atoms with Gasteiger partial charge in [0, 0.05) is 12.0 Å². The lowest BCUT2D eigenvalue weighted by atomic mass is 9.74. The Morgan fingerprint density at radius 3 is 1.95 bits per heavy atom. The predicted octanol–water partition coefficient (Wildman–Crippen LogP) is 4.38. The molecule has 1 fully saturated rings. The topological polar surface area (TPSA) is 21.3 Å². The lowest BCUT2D eigenvalue weighted by Crippen LogP contribution is -2.47. The van der Waals surface area contributed by atoms with E-state index in [2.05, 4.69) is 53.9 Å². The van der Waals surface area contributed by atoms with Gasteiger partial charge in [-0.1, -0.05) is 26.7 Å². The fourth-order valence-corrected chi connectivity index (χ4v) is 4.17. The second-order valence-electron chi connectivity index (χ2n) is 7.43. The van der Waals surface area contributed by atoms with Crippen LogP contribution < -0.4 is 5.32 Å². The van der Waals surface area contributed by atoms with Crippen molar-refractivity contribution in [1.82, 2.24) is 5.32 Å². The third-order valence-electron chi connectivity index (χ3n) is 4.74. The van der Waals surface area contributed by atoms with Crippen molar-refractivity contribution < 1.29 is 4.74 Å². The third-order valence-corrected chi connectivity index (χ3v) is 4.74. The summed E-state index contributed by atoms with van der Waals surface area (Å²) >= 11 is 0. The molecule has 2 unspecified atom stereocenters. The summed E-state index contributed by atoms with van der Waals surface area (Å²) in [6.45, 7) is 13.6. The summed E-state index contributed by atoms with van der Waals surface area (Å²) < 4.78 is 6.30. The highest BCUT2D eigenvalue weighted by molar-refractivity contribution is 5.00. The molecule has 1 aliphatic heterocycles. The molecule has 0 aromatic carbocycles. The van der Waals surface area contributed by atoms with E-state index in [0.29, 0.717) is 12.0 Å². The first-order valence-electron chi connectivity index (χ1n) is 8.14. The van der Waals surface area contributed by atoms with Crippen molar-refractivity contribution in [2.24, 2.45) is 11.8 Å². The minimum Gasteiger partial charge on any atom is -0.369 e. The van der Waals surface area contributed by atoms with Gasteiger partial charge in [0.05, 0.1) is 11.2 Å². The largest absolute Gasteiger partial charge is 0.369 e. The quantitative estimate of drug-likeness (QED) is 0.740. The van der Waals surface area contributed by atoms with Gasteiger partial charge in [0.25, 0.3) is 0 Å². The first-order valence-corrected chi connectivity index (χ1v) is 8.14. The Labute approximate surface area is 120 Å². The molecule has 0 aliphatic carbocycles. The summed E-state index contributed by atoms with van der Waals surface area (Å²) in [5.74, 6) is 1.39. The first kappa shape index (κ1) is 17.0. The molecule has 0 aromatic heterocycles. The van der Waals surface area contributed by atoms with Crippen LogP contribution in [0.3, 0.4) is 0 Å². The summed E-state index contributed by atoms with van der Waals surface area (Å²) in [6, 6.07) is 0.580. The second-order valence-corrected chi connectivity index (χ2v) is 7.43. The van der Waals surface area contributed by atoms with Gasteiger partial charge in [0.2, 0.25) is 0 Å². The molecule has 0 bridgehead atoms. The number of hydrogen-bond acceptors (Lipinski definition) is 2. The van der Waals surface area contributed by atoms with Crippen molar-refractivity contribution in [2.75, 3.05) is 7.05 Å². The van der Waals surface area contributed by atoms with Crippen LogP contribution in [0.15, 0.2) is 0 Å². The van der Waals surface area contributed by atoms with Gasteiger partial charge in [-0.15, -0.1) is 0 Å². The highest BCUT2D eigenvalue weighted by atomic mass is 16.5. The second kappa shape index (κ2) is 6.58. The first-order chi connectivity index (χ1) is 8.77. The van der Waals surface area contributed by atoms with Crippen LogP contribution in [-0.2, 0) is 4.74 Å². The van der Waals surface area contributed by atoms with E-state index in [0.717, 1.165) is 12.3 Å². The molecule has 2 atom stereocenters. The van der Waals surface area contributed by atoms with Crippen molar-refractivity contribution >= 4 is 0 Å². The van der Waals surface area contributed by atoms with E-state index < -0.39 is 0 Å².